The van der Waals surface area contributed by atoms with Crippen LogP contribution in [0.2, 0.25) is 0 Å². The Bertz CT molecular complexity index is 936. The number of benzene rings is 2. The maximum atomic E-state index is 11.1. The molecule has 1 aromatic heterocycles. The number of hydrogen-bond acceptors (Lipinski definition) is 2. The molecule has 0 spiro atoms. The van der Waals surface area contributed by atoms with E-state index in [0.29, 0.717) is 5.92 Å². The fraction of sp³-hybridized carbons (Fsp3) is 0.353. The third-order valence-corrected chi connectivity index (χ3v) is 5.73. The van der Waals surface area contributed by atoms with E-state index < -0.39 is 0 Å². The molecule has 0 saturated carbocycles. The first-order valence-corrected chi connectivity index (χ1v) is 13.1. The number of hydrogen-bond donors (Lipinski definition) is 0. The van der Waals surface area contributed by atoms with Crippen molar-refractivity contribution in [3.63, 3.8) is 0 Å². The predicted octanol–water partition coefficient (Wildman–Crippen LogP) is 9.78. The Morgan fingerprint density at radius 1 is 0.861 bits per heavy atom. The summed E-state index contributed by atoms with van der Waals surface area (Å²) in [6.45, 7) is 17.5. The summed E-state index contributed by atoms with van der Waals surface area (Å²) in [5.74, 6) is 0.726. The lowest BCUT2D eigenvalue weighted by Crippen LogP contribution is -1.99. The van der Waals surface area contributed by atoms with Crippen LogP contribution in [0, 0.1) is 0 Å². The molecule has 2 heteroatoms. The summed E-state index contributed by atoms with van der Waals surface area (Å²) in [6.07, 6.45) is 9.48. The first-order valence-electron chi connectivity index (χ1n) is 13.1. The van der Waals surface area contributed by atoms with Gasteiger partial charge in [-0.15, -0.1) is 6.58 Å². The molecule has 0 aliphatic carbocycles. The molecule has 0 radical (unpaired) electrons. The molecule has 1 heterocycles. The number of rotatable bonds is 7. The number of Topliss-reactive ketones (excluding diaryl/α,β-unsaturated/α-hetero) is 1. The van der Waals surface area contributed by atoms with Gasteiger partial charge in [-0.25, -0.2) is 0 Å². The van der Waals surface area contributed by atoms with Gasteiger partial charge in [-0.3, -0.25) is 9.78 Å². The summed E-state index contributed by atoms with van der Waals surface area (Å²) in [4.78, 5) is 15.0. The van der Waals surface area contributed by atoms with E-state index in [-0.39, 0.29) is 5.78 Å². The standard InChI is InChI=1S/C14H14.C10H18O.C7H9N.C3H6/c1-12(13-8-4-2-5-9-13)14-10-6-3-7-11-14;1-5-7-10(9(4)11)8(3)6-2;1-2-7-3-5-8-6-4-7;1-3-2/h2-12H,1H3;5-7H2,1-4H3;3-6H,2H2,1H3;3H,1H2,2H3/b;10-8+;;. The van der Waals surface area contributed by atoms with Gasteiger partial charge in [0, 0.05) is 18.3 Å². The Morgan fingerprint density at radius 2 is 1.31 bits per heavy atom. The molecule has 0 atom stereocenters. The molecule has 3 aromatic rings. The van der Waals surface area contributed by atoms with Gasteiger partial charge in [-0.2, -0.15) is 0 Å². The van der Waals surface area contributed by atoms with Crippen molar-refractivity contribution in [1.29, 1.82) is 0 Å². The van der Waals surface area contributed by atoms with E-state index in [1.807, 2.05) is 38.4 Å². The van der Waals surface area contributed by atoms with Crippen molar-refractivity contribution >= 4 is 5.78 Å². The highest BCUT2D eigenvalue weighted by atomic mass is 16.1. The fourth-order valence-electron chi connectivity index (χ4n) is 3.45. The molecular weight excluding hydrogens is 438 g/mol. The summed E-state index contributed by atoms with van der Waals surface area (Å²) < 4.78 is 0. The Hall–Kier alpha value is -3.26. The lowest BCUT2D eigenvalue weighted by atomic mass is 9.93. The molecule has 194 valence electrons. The summed E-state index contributed by atoms with van der Waals surface area (Å²) >= 11 is 0. The molecule has 2 aromatic carbocycles. The fourth-order valence-corrected chi connectivity index (χ4v) is 3.45. The molecule has 3 rings (SSSR count). The second kappa shape index (κ2) is 21.1. The molecule has 0 saturated heterocycles. The molecule has 0 N–H and O–H groups in total. The Balaban J connectivity index is 0.000000500. The molecule has 0 aliphatic heterocycles. The van der Waals surface area contributed by atoms with E-state index in [4.69, 9.17) is 0 Å². The van der Waals surface area contributed by atoms with E-state index in [1.54, 1.807) is 13.0 Å². The smallest absolute Gasteiger partial charge is 0.155 e. The number of carbonyl (C=O) groups is 1. The summed E-state index contributed by atoms with van der Waals surface area (Å²) in [7, 11) is 0. The van der Waals surface area contributed by atoms with E-state index in [9.17, 15) is 4.79 Å². The molecular formula is C34H47NO. The van der Waals surface area contributed by atoms with Gasteiger partial charge in [-0.1, -0.05) is 106 Å². The van der Waals surface area contributed by atoms with Gasteiger partial charge < -0.3 is 0 Å². The second-order valence-corrected chi connectivity index (χ2v) is 8.58. The maximum absolute atomic E-state index is 11.1. The molecule has 0 aliphatic rings. The van der Waals surface area contributed by atoms with Gasteiger partial charge in [-0.05, 0) is 74.4 Å². The molecule has 0 bridgehead atoms. The van der Waals surface area contributed by atoms with Crippen molar-refractivity contribution in [2.45, 2.75) is 80.1 Å². The predicted molar refractivity (Wildman–Crippen MR) is 158 cm³/mol. The van der Waals surface area contributed by atoms with Crippen LogP contribution < -0.4 is 0 Å². The first-order chi connectivity index (χ1) is 17.4. The number of ketones is 1. The van der Waals surface area contributed by atoms with Crippen molar-refractivity contribution < 1.29 is 4.79 Å². The number of carbonyl (C=O) groups excluding carboxylic acids is 1. The molecule has 0 unspecified atom stereocenters. The zero-order valence-corrected chi connectivity index (χ0v) is 23.6. The lowest BCUT2D eigenvalue weighted by Gasteiger charge is -2.11. The number of aromatic nitrogens is 1. The van der Waals surface area contributed by atoms with Crippen molar-refractivity contribution in [3.05, 3.63) is 126 Å². The largest absolute Gasteiger partial charge is 0.295 e. The molecule has 0 amide bonds. The van der Waals surface area contributed by atoms with Crippen LogP contribution in [-0.4, -0.2) is 10.8 Å². The Labute approximate surface area is 221 Å². The Kier molecular flexibility index (Phi) is 19.2. The SMILES string of the molecule is C=CC.CC(c1ccccc1)c1ccccc1.CCC/C(C(C)=O)=C(/C)CC.CCc1ccncc1. The number of allylic oxidation sites excluding steroid dienone is 3. The van der Waals surface area contributed by atoms with Crippen molar-refractivity contribution in [1.82, 2.24) is 4.98 Å². The monoisotopic (exact) mass is 485 g/mol. The highest BCUT2D eigenvalue weighted by Crippen LogP contribution is 2.22. The molecule has 36 heavy (non-hydrogen) atoms. The molecule has 0 fully saturated rings. The van der Waals surface area contributed by atoms with E-state index >= 15 is 0 Å². The first kappa shape index (κ1) is 32.7. The van der Waals surface area contributed by atoms with E-state index in [1.165, 1.54) is 22.3 Å². The van der Waals surface area contributed by atoms with Crippen LogP contribution in [-0.2, 0) is 11.2 Å². The van der Waals surface area contributed by atoms with Gasteiger partial charge in [0.15, 0.2) is 5.78 Å². The van der Waals surface area contributed by atoms with Crippen molar-refractivity contribution in [2.24, 2.45) is 0 Å². The normalized spacial score (nSPS) is 10.3. The average Bonchev–Trinajstić information content (AvgIpc) is 2.93. The van der Waals surface area contributed by atoms with Gasteiger partial charge >= 0.3 is 0 Å². The quantitative estimate of drug-likeness (QED) is 0.246. The zero-order chi connectivity index (χ0) is 27.2. The number of nitrogens with zero attached hydrogens (tertiary/aromatic N) is 1. The van der Waals surface area contributed by atoms with Gasteiger partial charge in [0.05, 0.1) is 0 Å². The second-order valence-electron chi connectivity index (χ2n) is 8.58. The highest BCUT2D eigenvalue weighted by molar-refractivity contribution is 5.93. The van der Waals surface area contributed by atoms with Crippen LogP contribution in [0.15, 0.2) is 109 Å². The van der Waals surface area contributed by atoms with Crippen molar-refractivity contribution in [3.8, 4) is 0 Å². The highest BCUT2D eigenvalue weighted by Gasteiger charge is 2.06. The number of aryl methyl sites for hydroxylation is 1. The van der Waals surface area contributed by atoms with Gasteiger partial charge in [0.2, 0.25) is 0 Å². The minimum absolute atomic E-state index is 0.242. The summed E-state index contributed by atoms with van der Waals surface area (Å²) in [6, 6.07) is 25.3. The van der Waals surface area contributed by atoms with Crippen LogP contribution in [0.4, 0.5) is 0 Å². The van der Waals surface area contributed by atoms with Crippen LogP contribution in [0.1, 0.15) is 90.3 Å². The third kappa shape index (κ3) is 14.2. The number of pyridine rings is 1. The van der Waals surface area contributed by atoms with Gasteiger partial charge in [0.1, 0.15) is 0 Å². The van der Waals surface area contributed by atoms with Crippen LogP contribution in [0.25, 0.3) is 0 Å². The van der Waals surface area contributed by atoms with Crippen LogP contribution in [0.5, 0.6) is 0 Å². The Morgan fingerprint density at radius 3 is 1.61 bits per heavy atom. The molecule has 2 nitrogen and oxygen atoms in total. The van der Waals surface area contributed by atoms with Crippen LogP contribution >= 0.6 is 0 Å². The minimum Gasteiger partial charge on any atom is -0.295 e. The average molecular weight is 486 g/mol. The van der Waals surface area contributed by atoms with Gasteiger partial charge in [0.25, 0.3) is 0 Å². The summed E-state index contributed by atoms with van der Waals surface area (Å²) in [5, 5.41) is 0. The topological polar surface area (TPSA) is 30.0 Å². The van der Waals surface area contributed by atoms with E-state index in [2.05, 4.69) is 99.9 Å². The third-order valence-electron chi connectivity index (χ3n) is 5.73. The van der Waals surface area contributed by atoms with Crippen molar-refractivity contribution in [2.75, 3.05) is 0 Å². The lowest BCUT2D eigenvalue weighted by molar-refractivity contribution is -0.113. The van der Waals surface area contributed by atoms with E-state index in [0.717, 1.165) is 31.3 Å². The maximum Gasteiger partial charge on any atom is 0.155 e. The minimum atomic E-state index is 0.242. The summed E-state index contributed by atoms with van der Waals surface area (Å²) in [5.41, 5.74) is 6.38. The van der Waals surface area contributed by atoms with Crippen LogP contribution in [0.3, 0.4) is 0 Å². The zero-order valence-electron chi connectivity index (χ0n) is 23.6.